The highest BCUT2D eigenvalue weighted by Crippen LogP contribution is 2.08. The number of hydrogen-bond acceptors (Lipinski definition) is 4. The first-order chi connectivity index (χ1) is 8.75. The second kappa shape index (κ2) is 6.35. The topological polar surface area (TPSA) is 65.5 Å². The van der Waals surface area contributed by atoms with Gasteiger partial charge >= 0.3 is 0 Å². The fourth-order valence-corrected chi connectivity index (χ4v) is 2.07. The van der Waals surface area contributed by atoms with E-state index in [9.17, 15) is 4.79 Å². The number of piperidine rings is 1. The zero-order chi connectivity index (χ0) is 12.8. The summed E-state index contributed by atoms with van der Waals surface area (Å²) in [5.41, 5.74) is 0.819. The molecule has 0 aromatic carbocycles. The maximum absolute atomic E-state index is 11.8. The molecule has 98 valence electrons. The predicted octanol–water partition coefficient (Wildman–Crippen LogP) is 0.889. The van der Waals surface area contributed by atoms with E-state index in [1.165, 1.54) is 12.6 Å². The van der Waals surface area contributed by atoms with Gasteiger partial charge in [-0.3, -0.25) is 9.78 Å². The third-order valence-electron chi connectivity index (χ3n) is 3.10. The highest BCUT2D eigenvalue weighted by Gasteiger charge is 2.15. The van der Waals surface area contributed by atoms with E-state index >= 15 is 0 Å². The maximum atomic E-state index is 11.8. The largest absolute Gasteiger partial charge is 0.506 e. The lowest BCUT2D eigenvalue weighted by Gasteiger charge is -2.26. The van der Waals surface area contributed by atoms with Crippen LogP contribution in [-0.2, 0) is 11.3 Å². The molecule has 18 heavy (non-hydrogen) atoms. The molecule has 0 radical (unpaired) electrons. The van der Waals surface area contributed by atoms with Crippen molar-refractivity contribution in [1.82, 2.24) is 15.2 Å². The number of aromatic hydroxyl groups is 1. The Hall–Kier alpha value is -1.62. The summed E-state index contributed by atoms with van der Waals surface area (Å²) in [6.45, 7) is 2.67. The number of likely N-dealkylation sites (tertiary alicyclic amines) is 1. The molecule has 2 rings (SSSR count). The van der Waals surface area contributed by atoms with Crippen molar-refractivity contribution in [3.63, 3.8) is 0 Å². The molecule has 1 saturated heterocycles. The molecular weight excluding hydrogens is 230 g/mol. The summed E-state index contributed by atoms with van der Waals surface area (Å²) in [7, 11) is 0. The van der Waals surface area contributed by atoms with Crippen LogP contribution in [0.5, 0.6) is 5.75 Å². The summed E-state index contributed by atoms with van der Waals surface area (Å²) in [5, 5.41) is 12.2. The Labute approximate surface area is 107 Å². The van der Waals surface area contributed by atoms with Crippen molar-refractivity contribution in [2.75, 3.05) is 19.6 Å². The van der Waals surface area contributed by atoms with Crippen molar-refractivity contribution in [2.45, 2.75) is 25.8 Å². The Morgan fingerprint density at radius 2 is 2.11 bits per heavy atom. The van der Waals surface area contributed by atoms with Crippen molar-refractivity contribution in [3.8, 4) is 5.75 Å². The predicted molar refractivity (Wildman–Crippen MR) is 68.0 cm³/mol. The van der Waals surface area contributed by atoms with Crippen LogP contribution < -0.4 is 5.32 Å². The quantitative estimate of drug-likeness (QED) is 0.831. The summed E-state index contributed by atoms with van der Waals surface area (Å²) in [6.07, 6.45) is 4.87. The fourth-order valence-electron chi connectivity index (χ4n) is 2.07. The van der Waals surface area contributed by atoms with Crippen molar-refractivity contribution < 1.29 is 9.90 Å². The van der Waals surface area contributed by atoms with Gasteiger partial charge in [0.15, 0.2) is 0 Å². The number of aromatic nitrogens is 1. The van der Waals surface area contributed by atoms with Crippen molar-refractivity contribution >= 4 is 5.91 Å². The smallest absolute Gasteiger partial charge is 0.236 e. The van der Waals surface area contributed by atoms with Crippen LogP contribution in [0.3, 0.4) is 0 Å². The summed E-state index contributed by atoms with van der Waals surface area (Å²) < 4.78 is 0. The number of hydrogen-bond donors (Lipinski definition) is 2. The zero-order valence-corrected chi connectivity index (χ0v) is 10.4. The van der Waals surface area contributed by atoms with Crippen molar-refractivity contribution in [1.29, 1.82) is 0 Å². The minimum Gasteiger partial charge on any atom is -0.506 e. The van der Waals surface area contributed by atoms with Gasteiger partial charge in [-0.15, -0.1) is 0 Å². The van der Waals surface area contributed by atoms with E-state index in [4.69, 9.17) is 5.11 Å². The fraction of sp³-hybridized carbons (Fsp3) is 0.538. The molecule has 1 aliphatic rings. The Kier molecular flexibility index (Phi) is 4.52. The second-order valence-electron chi connectivity index (χ2n) is 4.55. The molecule has 0 bridgehead atoms. The third-order valence-corrected chi connectivity index (χ3v) is 3.10. The molecule has 1 aliphatic heterocycles. The average molecular weight is 249 g/mol. The first-order valence-electron chi connectivity index (χ1n) is 6.38. The molecule has 0 unspecified atom stereocenters. The number of nitrogens with zero attached hydrogens (tertiary/aromatic N) is 2. The Morgan fingerprint density at radius 1 is 1.33 bits per heavy atom. The molecule has 5 nitrogen and oxygen atoms in total. The van der Waals surface area contributed by atoms with Crippen LogP contribution in [0.15, 0.2) is 18.3 Å². The second-order valence-corrected chi connectivity index (χ2v) is 4.55. The van der Waals surface area contributed by atoms with Gasteiger partial charge in [-0.2, -0.15) is 0 Å². The Balaban J connectivity index is 1.71. The highest BCUT2D eigenvalue weighted by molar-refractivity contribution is 5.78. The summed E-state index contributed by atoms with van der Waals surface area (Å²) in [4.78, 5) is 17.8. The highest BCUT2D eigenvalue weighted by atomic mass is 16.3. The molecule has 2 heterocycles. The molecule has 1 fully saturated rings. The van der Waals surface area contributed by atoms with E-state index in [2.05, 4.69) is 10.3 Å². The first-order valence-corrected chi connectivity index (χ1v) is 6.38. The lowest BCUT2D eigenvalue weighted by Crippen LogP contribution is -2.41. The summed E-state index contributed by atoms with van der Waals surface area (Å²) in [6, 6.07) is 3.34. The number of nitrogens with one attached hydrogen (secondary N) is 1. The monoisotopic (exact) mass is 249 g/mol. The van der Waals surface area contributed by atoms with Gasteiger partial charge in [0, 0.05) is 19.6 Å². The minimum absolute atomic E-state index is 0.156. The zero-order valence-electron chi connectivity index (χ0n) is 10.4. The normalized spacial score (nSPS) is 15.7. The molecule has 0 spiro atoms. The van der Waals surface area contributed by atoms with E-state index in [0.717, 1.165) is 31.6 Å². The summed E-state index contributed by atoms with van der Waals surface area (Å²) in [5.74, 6) is 0.316. The standard InChI is InChI=1S/C13H19N3O2/c17-12-5-4-11(15-9-12)8-14-10-13(18)16-6-2-1-3-7-16/h4-5,9,14,17H,1-3,6-8,10H2. The number of rotatable bonds is 4. The van der Waals surface area contributed by atoms with Gasteiger partial charge in [-0.05, 0) is 31.4 Å². The van der Waals surface area contributed by atoms with Gasteiger partial charge < -0.3 is 15.3 Å². The van der Waals surface area contributed by atoms with Gasteiger partial charge in [0.2, 0.25) is 5.91 Å². The molecule has 1 amide bonds. The van der Waals surface area contributed by atoms with E-state index in [0.29, 0.717) is 13.1 Å². The van der Waals surface area contributed by atoms with Crippen LogP contribution in [0.2, 0.25) is 0 Å². The van der Waals surface area contributed by atoms with E-state index in [-0.39, 0.29) is 11.7 Å². The van der Waals surface area contributed by atoms with Crippen LogP contribution in [0.4, 0.5) is 0 Å². The van der Waals surface area contributed by atoms with Gasteiger partial charge in [-0.25, -0.2) is 0 Å². The van der Waals surface area contributed by atoms with E-state index < -0.39 is 0 Å². The van der Waals surface area contributed by atoms with Crippen LogP contribution in [0.1, 0.15) is 25.0 Å². The van der Waals surface area contributed by atoms with Crippen molar-refractivity contribution in [3.05, 3.63) is 24.0 Å². The SMILES string of the molecule is O=C(CNCc1ccc(O)cn1)N1CCCCC1. The number of carbonyl (C=O) groups is 1. The van der Waals surface area contributed by atoms with Gasteiger partial charge in [0.05, 0.1) is 18.4 Å². The molecule has 0 saturated carbocycles. The van der Waals surface area contributed by atoms with Crippen LogP contribution >= 0.6 is 0 Å². The van der Waals surface area contributed by atoms with Crippen LogP contribution in [-0.4, -0.2) is 40.5 Å². The van der Waals surface area contributed by atoms with E-state index in [1.54, 1.807) is 12.1 Å². The maximum Gasteiger partial charge on any atom is 0.236 e. The van der Waals surface area contributed by atoms with Crippen LogP contribution in [0.25, 0.3) is 0 Å². The number of amides is 1. The van der Waals surface area contributed by atoms with Crippen LogP contribution in [0, 0.1) is 0 Å². The molecule has 5 heteroatoms. The minimum atomic E-state index is 0.156. The molecular formula is C13H19N3O2. The lowest BCUT2D eigenvalue weighted by molar-refractivity contribution is -0.131. The molecule has 1 aromatic heterocycles. The Morgan fingerprint density at radius 3 is 2.78 bits per heavy atom. The third kappa shape index (κ3) is 3.70. The van der Waals surface area contributed by atoms with Gasteiger partial charge in [0.1, 0.15) is 5.75 Å². The molecule has 2 N–H and O–H groups in total. The van der Waals surface area contributed by atoms with Crippen molar-refractivity contribution in [2.24, 2.45) is 0 Å². The van der Waals surface area contributed by atoms with Gasteiger partial charge in [0.25, 0.3) is 0 Å². The van der Waals surface area contributed by atoms with Gasteiger partial charge in [-0.1, -0.05) is 0 Å². The average Bonchev–Trinajstić information content (AvgIpc) is 2.42. The lowest BCUT2D eigenvalue weighted by atomic mass is 10.1. The molecule has 0 atom stereocenters. The molecule has 0 aliphatic carbocycles. The molecule has 1 aromatic rings. The number of pyridine rings is 1. The van der Waals surface area contributed by atoms with E-state index in [1.807, 2.05) is 4.90 Å². The summed E-state index contributed by atoms with van der Waals surface area (Å²) >= 11 is 0. The number of carbonyl (C=O) groups excluding carboxylic acids is 1. The Bertz CT molecular complexity index is 386. The first kappa shape index (κ1) is 12.8.